The molecule has 0 aromatic heterocycles. The molecule has 23 heteroatoms. The minimum Gasteiger partial charge on any atom is -0.282 e. The zero-order valence-electron chi connectivity index (χ0n) is 20.1. The molecule has 9 N–H and O–H groups in total. The molecule has 0 amide bonds. The van der Waals surface area contributed by atoms with Crippen LogP contribution in [0.3, 0.4) is 0 Å². The van der Waals surface area contributed by atoms with Gasteiger partial charge < -0.3 is 0 Å². The van der Waals surface area contributed by atoms with Crippen molar-refractivity contribution in [2.45, 2.75) is 14.7 Å². The molecule has 0 aliphatic heterocycles. The molecule has 3 aromatic rings. The Kier molecular flexibility index (Phi) is 9.41. The van der Waals surface area contributed by atoms with Gasteiger partial charge in [-0.2, -0.15) is 40.8 Å². The third-order valence-electron chi connectivity index (χ3n) is 4.73. The van der Waals surface area contributed by atoms with Crippen LogP contribution in [-0.2, 0) is 48.8 Å². The Labute approximate surface area is 232 Å². The van der Waals surface area contributed by atoms with Gasteiger partial charge in [0.05, 0.1) is 31.7 Å². The molecular formula is C18H21N6O13PS3. The maximum atomic E-state index is 13.6. The van der Waals surface area contributed by atoms with E-state index in [1.807, 2.05) is 0 Å². The third-order valence-corrected chi connectivity index (χ3v) is 8.46. The average Bonchev–Trinajstić information content (AvgIpc) is 2.87. The van der Waals surface area contributed by atoms with Crippen LogP contribution in [0.2, 0.25) is 0 Å². The van der Waals surface area contributed by atoms with Gasteiger partial charge in [-0.1, -0.05) is 0 Å². The van der Waals surface area contributed by atoms with E-state index in [0.29, 0.717) is 15.5 Å². The van der Waals surface area contributed by atoms with Crippen molar-refractivity contribution in [3.05, 3.63) is 72.8 Å². The highest BCUT2D eigenvalue weighted by molar-refractivity contribution is 7.86. The summed E-state index contributed by atoms with van der Waals surface area (Å²) in [6.45, 7) is 0. The Bertz CT molecular complexity index is 1550. The fraction of sp³-hybridized carbons (Fsp3) is 0. The van der Waals surface area contributed by atoms with Crippen LogP contribution in [0.4, 0.5) is 17.1 Å². The fourth-order valence-corrected chi connectivity index (χ4v) is 5.26. The van der Waals surface area contributed by atoms with Crippen molar-refractivity contribution in [1.29, 1.82) is 0 Å². The summed E-state index contributed by atoms with van der Waals surface area (Å²) in [5.74, 6) is 17.3. The first-order valence-corrected chi connectivity index (χ1v) is 16.1. The Morgan fingerprint density at radius 3 is 0.854 bits per heavy atom. The standard InChI is InChI=1S/C18H21N6O13PS3/c19-22(13-1-7-16(8-2-13)39(26,27)28)35-38(25,36-23(20)14-3-9-17(10-4-14)40(29,30)31)37-24(21)15-5-11-18(12-6-15)41(32,33)34/h1-12H,19-21H2,(H,26,27,28)(H,29,30,31)(H,32,33,34). The van der Waals surface area contributed by atoms with Gasteiger partial charge in [0.2, 0.25) is 0 Å². The van der Waals surface area contributed by atoms with Crippen LogP contribution in [0.15, 0.2) is 87.5 Å². The summed E-state index contributed by atoms with van der Waals surface area (Å²) < 4.78 is 124. The molecule has 0 radical (unpaired) electrons. The van der Waals surface area contributed by atoms with Crippen molar-refractivity contribution in [2.75, 3.05) is 15.5 Å². The molecule has 41 heavy (non-hydrogen) atoms. The second kappa shape index (κ2) is 11.9. The maximum absolute atomic E-state index is 13.6. The minimum atomic E-state index is -5.12. The average molecular weight is 657 g/mol. The van der Waals surface area contributed by atoms with Gasteiger partial charge in [-0.15, -0.1) is 13.9 Å². The summed E-state index contributed by atoms with van der Waals surface area (Å²) >= 11 is 0. The summed E-state index contributed by atoms with van der Waals surface area (Å²) in [6, 6.07) is 11.8. The van der Waals surface area contributed by atoms with Crippen LogP contribution >= 0.6 is 7.82 Å². The first kappa shape index (κ1) is 32.3. The van der Waals surface area contributed by atoms with Crippen LogP contribution in [-0.4, -0.2) is 38.9 Å². The minimum absolute atomic E-state index is 0.160. The summed E-state index contributed by atoms with van der Waals surface area (Å²) in [4.78, 5) is -1.52. The van der Waals surface area contributed by atoms with Crippen LogP contribution in [0, 0.1) is 0 Å². The zero-order valence-corrected chi connectivity index (χ0v) is 23.4. The Morgan fingerprint density at radius 1 is 0.488 bits per heavy atom. The highest BCUT2D eigenvalue weighted by Gasteiger charge is 2.37. The predicted octanol–water partition coefficient (Wildman–Crippen LogP) is 0.770. The van der Waals surface area contributed by atoms with Crippen LogP contribution in [0.1, 0.15) is 0 Å². The lowest BCUT2D eigenvalue weighted by Crippen LogP contribution is -2.38. The first-order valence-electron chi connectivity index (χ1n) is 10.3. The first-order chi connectivity index (χ1) is 18.8. The number of phosphoric acid groups is 1. The Balaban J connectivity index is 1.91. The van der Waals surface area contributed by atoms with Crippen molar-refractivity contribution < 1.29 is 57.4 Å². The summed E-state index contributed by atoms with van der Waals surface area (Å²) in [5, 5.41) is 0.914. The molecule has 0 aliphatic carbocycles. The second-order valence-electron chi connectivity index (χ2n) is 7.58. The summed E-state index contributed by atoms with van der Waals surface area (Å²) in [7, 11) is -18.8. The molecule has 0 bridgehead atoms. The van der Waals surface area contributed by atoms with E-state index in [9.17, 15) is 29.8 Å². The highest BCUT2D eigenvalue weighted by atomic mass is 32.2. The van der Waals surface area contributed by atoms with Gasteiger partial charge in [-0.25, -0.2) is 22.1 Å². The van der Waals surface area contributed by atoms with E-state index < -0.39 is 52.9 Å². The number of anilines is 3. The quantitative estimate of drug-likeness (QED) is 0.0678. The van der Waals surface area contributed by atoms with Crippen LogP contribution in [0.5, 0.6) is 0 Å². The van der Waals surface area contributed by atoms with Crippen molar-refractivity contribution in [3.63, 3.8) is 0 Å². The molecule has 0 atom stereocenters. The second-order valence-corrected chi connectivity index (χ2v) is 13.2. The Hall–Kier alpha value is -3.22. The molecule has 0 saturated heterocycles. The van der Waals surface area contributed by atoms with E-state index in [0.717, 1.165) is 72.8 Å². The van der Waals surface area contributed by atoms with Crippen molar-refractivity contribution in [3.8, 4) is 0 Å². The van der Waals surface area contributed by atoms with Crippen molar-refractivity contribution in [1.82, 2.24) is 0 Å². The van der Waals surface area contributed by atoms with Crippen LogP contribution in [0.25, 0.3) is 0 Å². The number of nitrogens with zero attached hydrogens (tertiary/aromatic N) is 3. The molecule has 224 valence electrons. The molecule has 3 rings (SSSR count). The topological polar surface area (TPSA) is 296 Å². The van der Waals surface area contributed by atoms with E-state index in [-0.39, 0.29) is 17.1 Å². The van der Waals surface area contributed by atoms with Gasteiger partial charge in [0.15, 0.2) is 0 Å². The lowest BCUT2D eigenvalue weighted by Gasteiger charge is -2.29. The van der Waals surface area contributed by atoms with E-state index in [1.54, 1.807) is 0 Å². The number of hydrogen-bond donors (Lipinski definition) is 6. The van der Waals surface area contributed by atoms with Gasteiger partial charge >= 0.3 is 7.82 Å². The zero-order chi connectivity index (χ0) is 30.8. The van der Waals surface area contributed by atoms with Crippen LogP contribution < -0.4 is 33.0 Å². The lowest BCUT2D eigenvalue weighted by atomic mass is 10.3. The van der Waals surface area contributed by atoms with Gasteiger partial charge in [0.1, 0.15) is 0 Å². The summed E-state index contributed by atoms with van der Waals surface area (Å²) in [5.41, 5.74) is -0.481. The number of nitrogens with two attached hydrogens (primary N) is 3. The number of hydrazine groups is 3. The highest BCUT2D eigenvalue weighted by Crippen LogP contribution is 2.52. The van der Waals surface area contributed by atoms with Gasteiger partial charge in [-0.3, -0.25) is 13.7 Å². The SMILES string of the molecule is NN(OP(=O)(ON(N)c1ccc(S(=O)(=O)O)cc1)ON(N)c1ccc(S(=O)(=O)O)cc1)c1ccc(S(=O)(=O)O)cc1. The molecule has 0 unspecified atom stereocenters. The largest absolute Gasteiger partial charge is 0.543 e. The maximum Gasteiger partial charge on any atom is 0.543 e. The normalized spacial score (nSPS) is 12.6. The van der Waals surface area contributed by atoms with Crippen molar-refractivity contribution in [2.24, 2.45) is 17.5 Å². The molecule has 0 saturated carbocycles. The predicted molar refractivity (Wildman–Crippen MR) is 140 cm³/mol. The van der Waals surface area contributed by atoms with E-state index in [1.165, 1.54) is 0 Å². The van der Waals surface area contributed by atoms with E-state index in [4.69, 9.17) is 45.1 Å². The Morgan fingerprint density at radius 2 is 0.683 bits per heavy atom. The summed E-state index contributed by atoms with van der Waals surface area (Å²) in [6.07, 6.45) is 0. The smallest absolute Gasteiger partial charge is 0.282 e. The van der Waals surface area contributed by atoms with Crippen molar-refractivity contribution >= 4 is 55.2 Å². The molecular weight excluding hydrogens is 635 g/mol. The fourth-order valence-electron chi connectivity index (χ4n) is 2.80. The molecule has 0 spiro atoms. The number of rotatable bonds is 12. The van der Waals surface area contributed by atoms with Gasteiger partial charge in [0, 0.05) is 0 Å². The number of benzene rings is 3. The van der Waals surface area contributed by atoms with E-state index in [2.05, 4.69) is 0 Å². The molecule has 0 aliphatic rings. The van der Waals surface area contributed by atoms with E-state index >= 15 is 0 Å². The van der Waals surface area contributed by atoms with Gasteiger partial charge in [0.25, 0.3) is 30.4 Å². The molecule has 19 nitrogen and oxygen atoms in total. The number of hydrogen-bond acceptors (Lipinski definition) is 16. The third kappa shape index (κ3) is 8.64. The van der Waals surface area contributed by atoms with Gasteiger partial charge in [-0.05, 0) is 72.8 Å². The molecule has 0 fully saturated rings. The monoisotopic (exact) mass is 656 g/mol. The molecule has 0 heterocycles. The molecule has 3 aromatic carbocycles. The lowest BCUT2D eigenvalue weighted by molar-refractivity contribution is 0.0860.